The Balaban J connectivity index is 2.39. The predicted molar refractivity (Wildman–Crippen MR) is 61.3 cm³/mol. The Hall–Kier alpha value is -0.810. The Morgan fingerprint density at radius 2 is 2.44 bits per heavy atom. The Morgan fingerprint density at radius 1 is 1.69 bits per heavy atom. The highest BCUT2D eigenvalue weighted by Gasteiger charge is 2.26. The number of carbonyl (C=O) groups is 1. The molecular formula is C11H22N2O3. The summed E-state index contributed by atoms with van der Waals surface area (Å²) >= 11 is 0. The molecule has 1 fully saturated rings. The van der Waals surface area contributed by atoms with Gasteiger partial charge in [0.05, 0.1) is 18.8 Å². The predicted octanol–water partition coefficient (Wildman–Crippen LogP) is 0.578. The second-order valence-electron chi connectivity index (χ2n) is 4.16. The monoisotopic (exact) mass is 230 g/mol. The molecule has 5 heteroatoms. The minimum absolute atomic E-state index is 0.0133. The van der Waals surface area contributed by atoms with E-state index in [4.69, 9.17) is 9.84 Å². The van der Waals surface area contributed by atoms with Crippen LogP contribution in [0.4, 0.5) is 4.79 Å². The summed E-state index contributed by atoms with van der Waals surface area (Å²) in [7, 11) is 1.67. The van der Waals surface area contributed by atoms with E-state index < -0.39 is 0 Å². The van der Waals surface area contributed by atoms with Crippen molar-refractivity contribution in [1.82, 2.24) is 10.2 Å². The van der Waals surface area contributed by atoms with Gasteiger partial charge in [0.1, 0.15) is 0 Å². The highest BCUT2D eigenvalue weighted by Crippen LogP contribution is 2.17. The normalized spacial score (nSPS) is 21.8. The second kappa shape index (κ2) is 6.70. The molecule has 1 aliphatic rings. The maximum Gasteiger partial charge on any atom is 0.317 e. The first-order chi connectivity index (χ1) is 7.69. The molecule has 0 bridgehead atoms. The van der Waals surface area contributed by atoms with Crippen LogP contribution in [0.3, 0.4) is 0 Å². The molecule has 5 nitrogen and oxygen atoms in total. The molecule has 0 aromatic carbocycles. The van der Waals surface area contributed by atoms with Crippen molar-refractivity contribution in [3.63, 3.8) is 0 Å². The van der Waals surface area contributed by atoms with Crippen LogP contribution in [0.5, 0.6) is 0 Å². The molecule has 94 valence electrons. The van der Waals surface area contributed by atoms with Crippen LogP contribution in [0, 0.1) is 0 Å². The third kappa shape index (κ3) is 3.64. The van der Waals surface area contributed by atoms with Crippen molar-refractivity contribution in [3.8, 4) is 0 Å². The standard InChI is InChI=1S/C11H22N2O3/c1-3-9(10-5-4-8-16-10)12-11(15)13(2)6-7-14/h9-10,14H,3-8H2,1-2H3,(H,12,15). The quantitative estimate of drug-likeness (QED) is 0.726. The molecule has 16 heavy (non-hydrogen) atoms. The van der Waals surface area contributed by atoms with Crippen molar-refractivity contribution >= 4 is 6.03 Å². The average molecular weight is 230 g/mol. The Kier molecular flexibility index (Phi) is 5.55. The Morgan fingerprint density at radius 3 is 2.94 bits per heavy atom. The molecule has 2 unspecified atom stereocenters. The van der Waals surface area contributed by atoms with Crippen LogP contribution in [0.2, 0.25) is 0 Å². The molecule has 1 saturated heterocycles. The van der Waals surface area contributed by atoms with E-state index >= 15 is 0 Å². The molecule has 0 spiro atoms. The first kappa shape index (κ1) is 13.3. The lowest BCUT2D eigenvalue weighted by Gasteiger charge is -2.26. The number of carbonyl (C=O) groups excluding carboxylic acids is 1. The minimum atomic E-state index is -0.142. The van der Waals surface area contributed by atoms with E-state index in [1.165, 1.54) is 4.90 Å². The van der Waals surface area contributed by atoms with Crippen LogP contribution >= 0.6 is 0 Å². The SMILES string of the molecule is CCC(NC(=O)N(C)CCO)C1CCCO1. The first-order valence-electron chi connectivity index (χ1n) is 5.93. The third-order valence-electron chi connectivity index (χ3n) is 2.94. The number of rotatable bonds is 5. The van der Waals surface area contributed by atoms with Gasteiger partial charge in [-0.2, -0.15) is 0 Å². The Labute approximate surface area is 96.8 Å². The topological polar surface area (TPSA) is 61.8 Å². The van der Waals surface area contributed by atoms with Crippen LogP contribution in [0.15, 0.2) is 0 Å². The number of nitrogens with one attached hydrogen (secondary N) is 1. The molecule has 0 aliphatic carbocycles. The summed E-state index contributed by atoms with van der Waals surface area (Å²) in [6.45, 7) is 3.18. The maximum atomic E-state index is 11.7. The zero-order valence-electron chi connectivity index (χ0n) is 10.1. The highest BCUT2D eigenvalue weighted by molar-refractivity contribution is 5.74. The lowest BCUT2D eigenvalue weighted by atomic mass is 10.1. The lowest BCUT2D eigenvalue weighted by Crippen LogP contribution is -2.48. The van der Waals surface area contributed by atoms with Crippen molar-refractivity contribution in [2.75, 3.05) is 26.8 Å². The summed E-state index contributed by atoms with van der Waals surface area (Å²) < 4.78 is 5.56. The molecule has 2 amide bonds. The van der Waals surface area contributed by atoms with Gasteiger partial charge in [0.2, 0.25) is 0 Å². The van der Waals surface area contributed by atoms with Gasteiger partial charge in [0.15, 0.2) is 0 Å². The number of nitrogens with zero attached hydrogens (tertiary/aromatic N) is 1. The number of hydrogen-bond donors (Lipinski definition) is 2. The summed E-state index contributed by atoms with van der Waals surface area (Å²) in [4.78, 5) is 13.2. The number of amides is 2. The third-order valence-corrected chi connectivity index (χ3v) is 2.94. The zero-order valence-corrected chi connectivity index (χ0v) is 10.1. The van der Waals surface area contributed by atoms with E-state index in [2.05, 4.69) is 5.32 Å². The number of hydrogen-bond acceptors (Lipinski definition) is 3. The van der Waals surface area contributed by atoms with Gasteiger partial charge in [-0.05, 0) is 19.3 Å². The number of aliphatic hydroxyl groups is 1. The fraction of sp³-hybridized carbons (Fsp3) is 0.909. The zero-order chi connectivity index (χ0) is 12.0. The first-order valence-corrected chi connectivity index (χ1v) is 5.93. The highest BCUT2D eigenvalue weighted by atomic mass is 16.5. The average Bonchev–Trinajstić information content (AvgIpc) is 2.79. The van der Waals surface area contributed by atoms with Crippen LogP contribution < -0.4 is 5.32 Å². The van der Waals surface area contributed by atoms with Gasteiger partial charge < -0.3 is 20.1 Å². The van der Waals surface area contributed by atoms with Crippen LogP contribution in [-0.2, 0) is 4.74 Å². The molecule has 1 heterocycles. The van der Waals surface area contributed by atoms with E-state index in [0.29, 0.717) is 6.54 Å². The molecule has 1 aliphatic heterocycles. The fourth-order valence-electron chi connectivity index (χ4n) is 1.90. The summed E-state index contributed by atoms with van der Waals surface area (Å²) in [5.74, 6) is 0. The largest absolute Gasteiger partial charge is 0.395 e. The number of urea groups is 1. The van der Waals surface area contributed by atoms with Crippen molar-refractivity contribution < 1.29 is 14.6 Å². The van der Waals surface area contributed by atoms with Crippen molar-refractivity contribution in [1.29, 1.82) is 0 Å². The van der Waals surface area contributed by atoms with Gasteiger partial charge in [-0.3, -0.25) is 0 Å². The Bertz CT molecular complexity index is 217. The minimum Gasteiger partial charge on any atom is -0.395 e. The summed E-state index contributed by atoms with van der Waals surface area (Å²) in [5.41, 5.74) is 0. The van der Waals surface area contributed by atoms with Crippen LogP contribution in [-0.4, -0.2) is 55.0 Å². The van der Waals surface area contributed by atoms with E-state index in [1.807, 2.05) is 6.92 Å². The second-order valence-corrected chi connectivity index (χ2v) is 4.16. The van der Waals surface area contributed by atoms with Crippen molar-refractivity contribution in [2.45, 2.75) is 38.3 Å². The van der Waals surface area contributed by atoms with Gasteiger partial charge in [-0.15, -0.1) is 0 Å². The lowest BCUT2D eigenvalue weighted by molar-refractivity contribution is 0.0771. The maximum absolute atomic E-state index is 11.7. The molecular weight excluding hydrogens is 208 g/mol. The molecule has 2 N–H and O–H groups in total. The van der Waals surface area contributed by atoms with E-state index in [0.717, 1.165) is 25.9 Å². The molecule has 0 aromatic heterocycles. The van der Waals surface area contributed by atoms with Crippen LogP contribution in [0.25, 0.3) is 0 Å². The molecule has 2 atom stereocenters. The number of aliphatic hydroxyl groups excluding tert-OH is 1. The molecule has 0 aromatic rings. The fourth-order valence-corrected chi connectivity index (χ4v) is 1.90. The number of likely N-dealkylation sites (N-methyl/N-ethyl adjacent to an activating group) is 1. The molecule has 0 radical (unpaired) electrons. The van der Waals surface area contributed by atoms with E-state index in [9.17, 15) is 4.79 Å². The van der Waals surface area contributed by atoms with Crippen molar-refractivity contribution in [3.05, 3.63) is 0 Å². The van der Waals surface area contributed by atoms with Crippen molar-refractivity contribution in [2.24, 2.45) is 0 Å². The van der Waals surface area contributed by atoms with Gasteiger partial charge in [0.25, 0.3) is 0 Å². The molecule has 0 saturated carbocycles. The van der Waals surface area contributed by atoms with Crippen LogP contribution in [0.1, 0.15) is 26.2 Å². The summed E-state index contributed by atoms with van der Waals surface area (Å²) in [6, 6.07) is -0.0625. The summed E-state index contributed by atoms with van der Waals surface area (Å²) in [6.07, 6.45) is 3.10. The van der Waals surface area contributed by atoms with Gasteiger partial charge in [-0.25, -0.2) is 4.79 Å². The van der Waals surface area contributed by atoms with E-state index in [1.54, 1.807) is 7.05 Å². The van der Waals surface area contributed by atoms with Gasteiger partial charge >= 0.3 is 6.03 Å². The summed E-state index contributed by atoms with van der Waals surface area (Å²) in [5, 5.41) is 11.7. The smallest absolute Gasteiger partial charge is 0.317 e. The molecule has 1 rings (SSSR count). The van der Waals surface area contributed by atoms with Gasteiger partial charge in [-0.1, -0.05) is 6.92 Å². The van der Waals surface area contributed by atoms with E-state index in [-0.39, 0.29) is 24.8 Å². The number of ether oxygens (including phenoxy) is 1. The van der Waals surface area contributed by atoms with Gasteiger partial charge in [0, 0.05) is 20.2 Å².